The lowest BCUT2D eigenvalue weighted by atomic mass is 10.1. The number of hydrogen-bond acceptors (Lipinski definition) is 11. The largest absolute Gasteiger partial charge is 0.463 e. The van der Waals surface area contributed by atoms with E-state index in [1.807, 2.05) is 0 Å². The van der Waals surface area contributed by atoms with E-state index in [4.69, 9.17) is 30.5 Å². The molecule has 2 aromatic heterocycles. The standard InChI is InChI=1S/C23H21ClN4O8/c1-11(29)33-8-16-20(34-12(2)30)21(35-13(3)31)23(36-16)28-10-27-18-17(25-9-26-22(18)28)19(32)14-4-6-15(24)7-5-14/h4-7,9-10,16,20-21,23H,8H2,1-3H3/t16-,20-,21-,23-/m1/s1. The summed E-state index contributed by atoms with van der Waals surface area (Å²) in [5, 5.41) is 0.476. The number of carbonyl (C=O) groups is 4. The number of nitrogens with zero attached hydrogens (tertiary/aromatic N) is 4. The molecule has 4 atom stereocenters. The summed E-state index contributed by atoms with van der Waals surface area (Å²) in [6.07, 6.45) is -1.71. The van der Waals surface area contributed by atoms with Crippen molar-refractivity contribution >= 4 is 46.5 Å². The molecule has 188 valence electrons. The van der Waals surface area contributed by atoms with Gasteiger partial charge < -0.3 is 18.9 Å². The van der Waals surface area contributed by atoms with Crippen LogP contribution >= 0.6 is 11.6 Å². The molecule has 3 aromatic rings. The van der Waals surface area contributed by atoms with E-state index >= 15 is 0 Å². The summed E-state index contributed by atoms with van der Waals surface area (Å²) in [4.78, 5) is 60.8. The molecule has 0 bridgehead atoms. The van der Waals surface area contributed by atoms with Gasteiger partial charge in [0.25, 0.3) is 0 Å². The Hall–Kier alpha value is -3.90. The third kappa shape index (κ3) is 5.19. The molecule has 1 fully saturated rings. The van der Waals surface area contributed by atoms with Crippen molar-refractivity contribution in [1.82, 2.24) is 19.5 Å². The molecule has 1 saturated heterocycles. The smallest absolute Gasteiger partial charge is 0.303 e. The summed E-state index contributed by atoms with van der Waals surface area (Å²) in [6, 6.07) is 6.30. The molecule has 13 heteroatoms. The molecule has 0 unspecified atom stereocenters. The Bertz CT molecular complexity index is 1330. The fraction of sp³-hybridized carbons (Fsp3) is 0.348. The van der Waals surface area contributed by atoms with E-state index in [9.17, 15) is 19.2 Å². The Kier molecular flexibility index (Phi) is 7.27. The lowest BCUT2D eigenvalue weighted by Gasteiger charge is -2.23. The van der Waals surface area contributed by atoms with Crippen molar-refractivity contribution in [3.63, 3.8) is 0 Å². The van der Waals surface area contributed by atoms with Gasteiger partial charge >= 0.3 is 17.9 Å². The Balaban J connectivity index is 1.74. The van der Waals surface area contributed by atoms with Crippen LogP contribution in [0.15, 0.2) is 36.9 Å². The molecule has 1 aromatic carbocycles. The maximum absolute atomic E-state index is 13.1. The van der Waals surface area contributed by atoms with Crippen molar-refractivity contribution in [3.05, 3.63) is 53.2 Å². The van der Waals surface area contributed by atoms with Crippen molar-refractivity contribution < 1.29 is 38.1 Å². The van der Waals surface area contributed by atoms with Gasteiger partial charge in [0, 0.05) is 31.4 Å². The van der Waals surface area contributed by atoms with E-state index in [0.717, 1.165) is 0 Å². The van der Waals surface area contributed by atoms with Crippen molar-refractivity contribution in [3.8, 4) is 0 Å². The second kappa shape index (κ2) is 10.4. The van der Waals surface area contributed by atoms with Crippen LogP contribution in [0.4, 0.5) is 0 Å². The van der Waals surface area contributed by atoms with E-state index in [-0.39, 0.29) is 23.5 Å². The van der Waals surface area contributed by atoms with Crippen LogP contribution in [-0.2, 0) is 33.3 Å². The molecule has 4 rings (SSSR count). The number of halogens is 1. The molecule has 0 aliphatic carbocycles. The third-order valence-electron chi connectivity index (χ3n) is 5.29. The average Bonchev–Trinajstić information content (AvgIpc) is 3.38. The molecule has 12 nitrogen and oxygen atoms in total. The average molecular weight is 517 g/mol. The number of aromatic nitrogens is 4. The van der Waals surface area contributed by atoms with E-state index in [0.29, 0.717) is 10.6 Å². The number of imidazole rings is 1. The van der Waals surface area contributed by atoms with Crippen LogP contribution in [0.1, 0.15) is 43.1 Å². The summed E-state index contributed by atoms with van der Waals surface area (Å²) in [6.45, 7) is 3.34. The fourth-order valence-electron chi connectivity index (χ4n) is 3.86. The number of esters is 3. The zero-order valence-electron chi connectivity index (χ0n) is 19.4. The SMILES string of the molecule is CC(=O)OC[C@H]1O[C@@H](n2cnc3c(C(=O)c4ccc(Cl)cc4)ncnc32)[C@H](OC(C)=O)[C@@H]1OC(C)=O. The van der Waals surface area contributed by atoms with Crippen LogP contribution in [-0.4, -0.2) is 68.1 Å². The lowest BCUT2D eigenvalue weighted by molar-refractivity contribution is -0.166. The number of fused-ring (bicyclic) bond motifs is 1. The molecular formula is C23H21ClN4O8. The van der Waals surface area contributed by atoms with Gasteiger partial charge in [-0.2, -0.15) is 0 Å². The van der Waals surface area contributed by atoms with Gasteiger partial charge in [0.15, 0.2) is 24.1 Å². The first-order valence-electron chi connectivity index (χ1n) is 10.8. The fourth-order valence-corrected chi connectivity index (χ4v) is 3.99. The summed E-state index contributed by atoms with van der Waals surface area (Å²) in [7, 11) is 0. The highest BCUT2D eigenvalue weighted by Gasteiger charge is 2.51. The normalized spacial score (nSPS) is 21.2. The molecule has 1 aliphatic rings. The van der Waals surface area contributed by atoms with Gasteiger partial charge in [0.1, 0.15) is 30.2 Å². The molecule has 3 heterocycles. The predicted molar refractivity (Wildman–Crippen MR) is 122 cm³/mol. The van der Waals surface area contributed by atoms with Gasteiger partial charge in [-0.25, -0.2) is 15.0 Å². The highest BCUT2D eigenvalue weighted by atomic mass is 35.5. The minimum absolute atomic E-state index is 0.0381. The third-order valence-corrected chi connectivity index (χ3v) is 5.55. The first kappa shape index (κ1) is 25.2. The molecular weight excluding hydrogens is 496 g/mol. The molecule has 0 radical (unpaired) electrons. The Labute approximate surface area is 209 Å². The minimum Gasteiger partial charge on any atom is -0.463 e. The van der Waals surface area contributed by atoms with Crippen LogP contribution in [0.3, 0.4) is 0 Å². The number of carbonyl (C=O) groups excluding carboxylic acids is 4. The Morgan fingerprint density at radius 2 is 1.61 bits per heavy atom. The maximum Gasteiger partial charge on any atom is 0.303 e. The lowest BCUT2D eigenvalue weighted by Crippen LogP contribution is -2.40. The zero-order chi connectivity index (χ0) is 26.0. The van der Waals surface area contributed by atoms with Gasteiger partial charge in [0.05, 0.1) is 6.33 Å². The quantitative estimate of drug-likeness (QED) is 0.258. The molecule has 0 amide bonds. The monoisotopic (exact) mass is 516 g/mol. The van der Waals surface area contributed by atoms with Gasteiger partial charge in [-0.15, -0.1) is 0 Å². The highest BCUT2D eigenvalue weighted by molar-refractivity contribution is 6.30. The number of ether oxygens (including phenoxy) is 4. The molecule has 36 heavy (non-hydrogen) atoms. The van der Waals surface area contributed by atoms with Gasteiger partial charge in [-0.3, -0.25) is 23.7 Å². The number of ketones is 1. The summed E-state index contributed by atoms with van der Waals surface area (Å²) >= 11 is 5.92. The van der Waals surface area contributed by atoms with Crippen LogP contribution in [0.25, 0.3) is 11.2 Å². The molecule has 1 aliphatic heterocycles. The zero-order valence-corrected chi connectivity index (χ0v) is 20.2. The summed E-state index contributed by atoms with van der Waals surface area (Å²) < 4.78 is 23.3. The van der Waals surface area contributed by atoms with Crippen LogP contribution < -0.4 is 0 Å². The predicted octanol–water partition coefficient (Wildman–Crippen LogP) is 2.03. The summed E-state index contributed by atoms with van der Waals surface area (Å²) in [5.74, 6) is -2.28. The van der Waals surface area contributed by atoms with Crippen molar-refractivity contribution in [2.45, 2.75) is 45.3 Å². The highest BCUT2D eigenvalue weighted by Crippen LogP contribution is 2.36. The van der Waals surface area contributed by atoms with Crippen LogP contribution in [0.2, 0.25) is 5.02 Å². The van der Waals surface area contributed by atoms with Gasteiger partial charge in [0.2, 0.25) is 5.78 Å². The number of benzene rings is 1. The Morgan fingerprint density at radius 1 is 0.944 bits per heavy atom. The van der Waals surface area contributed by atoms with E-state index in [1.165, 1.54) is 38.0 Å². The van der Waals surface area contributed by atoms with Crippen molar-refractivity contribution in [2.24, 2.45) is 0 Å². The maximum atomic E-state index is 13.1. The van der Waals surface area contributed by atoms with E-state index in [1.54, 1.807) is 24.3 Å². The molecule has 0 N–H and O–H groups in total. The first-order valence-corrected chi connectivity index (χ1v) is 11.1. The Morgan fingerprint density at radius 3 is 2.25 bits per heavy atom. The first-order chi connectivity index (χ1) is 17.2. The minimum atomic E-state index is -1.13. The van der Waals surface area contributed by atoms with Crippen molar-refractivity contribution in [2.75, 3.05) is 6.61 Å². The number of hydrogen-bond donors (Lipinski definition) is 0. The van der Waals surface area contributed by atoms with Crippen LogP contribution in [0.5, 0.6) is 0 Å². The van der Waals surface area contributed by atoms with Crippen molar-refractivity contribution in [1.29, 1.82) is 0 Å². The summed E-state index contributed by atoms with van der Waals surface area (Å²) in [5.41, 5.74) is 0.769. The van der Waals surface area contributed by atoms with E-state index in [2.05, 4.69) is 15.0 Å². The second-order valence-corrected chi connectivity index (χ2v) is 8.33. The molecule has 0 saturated carbocycles. The van der Waals surface area contributed by atoms with E-state index < -0.39 is 48.2 Å². The van der Waals surface area contributed by atoms with Crippen LogP contribution in [0, 0.1) is 0 Å². The molecule has 0 spiro atoms. The van der Waals surface area contributed by atoms with Gasteiger partial charge in [-0.1, -0.05) is 11.6 Å². The topological polar surface area (TPSA) is 149 Å². The second-order valence-electron chi connectivity index (χ2n) is 7.90. The number of rotatable bonds is 7. The van der Waals surface area contributed by atoms with Gasteiger partial charge in [-0.05, 0) is 24.3 Å².